The number of β-amino-alcohol motifs (C(OH)–C–C–N with tert-alkyl or cyclic N) is 1. The second kappa shape index (κ2) is 8.92. The number of piperidine rings is 1. The molecule has 2 aromatic rings. The monoisotopic (exact) mass is 356 g/mol. The Bertz CT molecular complexity index is 748. The molecule has 4 nitrogen and oxygen atoms in total. The number of aliphatic hydroxyl groups is 1. The number of halogens is 1. The lowest BCUT2D eigenvalue weighted by atomic mass is 9.97. The van der Waals surface area contributed by atoms with Gasteiger partial charge >= 0.3 is 0 Å². The van der Waals surface area contributed by atoms with Crippen molar-refractivity contribution in [3.05, 3.63) is 59.9 Å². The van der Waals surface area contributed by atoms with E-state index in [0.29, 0.717) is 35.7 Å². The van der Waals surface area contributed by atoms with E-state index < -0.39 is 0 Å². The molecule has 1 saturated heterocycles. The second-order valence-electron chi connectivity index (χ2n) is 6.80. The van der Waals surface area contributed by atoms with Gasteiger partial charge in [-0.3, -0.25) is 4.79 Å². The lowest BCUT2D eigenvalue weighted by Gasteiger charge is -2.32. The van der Waals surface area contributed by atoms with Gasteiger partial charge in [0.2, 0.25) is 0 Å². The Morgan fingerprint density at radius 3 is 2.88 bits per heavy atom. The number of likely N-dealkylation sites (tertiary alicyclic amines) is 1. The standard InChI is InChI=1S/C21H25FN2O2/c22-20-9-2-1-8-19(20)17-6-3-7-18(13-17)21(26)23-14-16-5-4-10-24(15-16)11-12-25/h1-3,6-9,13,16,25H,4-5,10-12,14-15H2,(H,23,26). The third kappa shape index (κ3) is 4.68. The highest BCUT2D eigenvalue weighted by molar-refractivity contribution is 5.95. The lowest BCUT2D eigenvalue weighted by Crippen LogP contribution is -2.41. The largest absolute Gasteiger partial charge is 0.395 e. The summed E-state index contributed by atoms with van der Waals surface area (Å²) in [6, 6.07) is 13.6. The van der Waals surface area contributed by atoms with Crippen molar-refractivity contribution in [1.29, 1.82) is 0 Å². The predicted molar refractivity (Wildman–Crippen MR) is 100 cm³/mol. The van der Waals surface area contributed by atoms with Crippen molar-refractivity contribution in [2.45, 2.75) is 12.8 Å². The maximum Gasteiger partial charge on any atom is 0.251 e. The SMILES string of the molecule is O=C(NCC1CCCN(CCO)C1)c1cccc(-c2ccccc2F)c1. The molecule has 1 amide bonds. The van der Waals surface area contributed by atoms with Crippen molar-refractivity contribution in [1.82, 2.24) is 10.2 Å². The fraction of sp³-hybridized carbons (Fsp3) is 0.381. The molecule has 0 radical (unpaired) electrons. The third-order valence-electron chi connectivity index (χ3n) is 4.88. The number of carbonyl (C=O) groups is 1. The Balaban J connectivity index is 1.62. The molecule has 0 bridgehead atoms. The first-order valence-corrected chi connectivity index (χ1v) is 9.14. The van der Waals surface area contributed by atoms with Gasteiger partial charge in [-0.05, 0) is 49.1 Å². The van der Waals surface area contributed by atoms with Crippen molar-refractivity contribution in [3.8, 4) is 11.1 Å². The maximum absolute atomic E-state index is 14.0. The van der Waals surface area contributed by atoms with Crippen molar-refractivity contribution < 1.29 is 14.3 Å². The number of nitrogens with one attached hydrogen (secondary N) is 1. The van der Waals surface area contributed by atoms with Crippen LogP contribution in [0.15, 0.2) is 48.5 Å². The first kappa shape index (κ1) is 18.5. The number of carbonyl (C=O) groups excluding carboxylic acids is 1. The molecule has 1 atom stereocenters. The van der Waals surface area contributed by atoms with E-state index in [0.717, 1.165) is 25.9 Å². The molecule has 1 aliphatic rings. The van der Waals surface area contributed by atoms with Crippen molar-refractivity contribution in [2.75, 3.05) is 32.8 Å². The predicted octanol–water partition coefficient (Wildman–Crippen LogP) is 2.93. The molecular weight excluding hydrogens is 331 g/mol. The van der Waals surface area contributed by atoms with Gasteiger partial charge in [0.15, 0.2) is 0 Å². The summed E-state index contributed by atoms with van der Waals surface area (Å²) >= 11 is 0. The highest BCUT2D eigenvalue weighted by atomic mass is 19.1. The Morgan fingerprint density at radius 1 is 1.23 bits per heavy atom. The lowest BCUT2D eigenvalue weighted by molar-refractivity contribution is 0.0925. The molecule has 0 saturated carbocycles. The summed E-state index contributed by atoms with van der Waals surface area (Å²) in [5, 5.41) is 12.1. The van der Waals surface area contributed by atoms with E-state index in [9.17, 15) is 9.18 Å². The molecule has 5 heteroatoms. The normalized spacial score (nSPS) is 17.8. The highest BCUT2D eigenvalue weighted by Gasteiger charge is 2.20. The van der Waals surface area contributed by atoms with Crippen molar-refractivity contribution in [3.63, 3.8) is 0 Å². The highest BCUT2D eigenvalue weighted by Crippen LogP contribution is 2.23. The number of hydrogen-bond acceptors (Lipinski definition) is 3. The molecule has 1 heterocycles. The van der Waals surface area contributed by atoms with E-state index in [-0.39, 0.29) is 18.3 Å². The molecule has 3 rings (SSSR count). The van der Waals surface area contributed by atoms with E-state index in [1.165, 1.54) is 6.07 Å². The molecule has 0 aliphatic carbocycles. The Morgan fingerprint density at radius 2 is 2.08 bits per heavy atom. The van der Waals surface area contributed by atoms with Crippen molar-refractivity contribution >= 4 is 5.91 Å². The van der Waals surface area contributed by atoms with Crippen LogP contribution in [0.4, 0.5) is 4.39 Å². The van der Waals surface area contributed by atoms with Gasteiger partial charge in [0.25, 0.3) is 5.91 Å². The van der Waals surface area contributed by atoms with Crippen LogP contribution in [0.3, 0.4) is 0 Å². The molecule has 0 spiro atoms. The van der Waals surface area contributed by atoms with Gasteiger partial charge in [-0.25, -0.2) is 4.39 Å². The van der Waals surface area contributed by atoms with Crippen LogP contribution in [-0.2, 0) is 0 Å². The number of hydrogen-bond donors (Lipinski definition) is 2. The van der Waals surface area contributed by atoms with Gasteiger partial charge in [-0.2, -0.15) is 0 Å². The number of benzene rings is 2. The minimum atomic E-state index is -0.295. The van der Waals surface area contributed by atoms with E-state index in [4.69, 9.17) is 5.11 Å². The van der Waals surface area contributed by atoms with Gasteiger partial charge in [0.1, 0.15) is 5.82 Å². The Labute approximate surface area is 153 Å². The second-order valence-corrected chi connectivity index (χ2v) is 6.80. The van der Waals surface area contributed by atoms with Crippen LogP contribution in [-0.4, -0.2) is 48.7 Å². The van der Waals surface area contributed by atoms with Crippen LogP contribution in [0.2, 0.25) is 0 Å². The van der Waals surface area contributed by atoms with E-state index in [1.807, 2.05) is 6.07 Å². The molecule has 1 aliphatic heterocycles. The van der Waals surface area contributed by atoms with Gasteiger partial charge < -0.3 is 15.3 Å². The zero-order chi connectivity index (χ0) is 18.4. The summed E-state index contributed by atoms with van der Waals surface area (Å²) in [6.45, 7) is 3.38. The minimum Gasteiger partial charge on any atom is -0.395 e. The Hall–Kier alpha value is -2.24. The fourth-order valence-electron chi connectivity index (χ4n) is 3.52. The fourth-order valence-corrected chi connectivity index (χ4v) is 3.52. The Kier molecular flexibility index (Phi) is 6.36. The zero-order valence-corrected chi connectivity index (χ0v) is 14.8. The molecule has 1 fully saturated rings. The molecule has 2 N–H and O–H groups in total. The van der Waals surface area contributed by atoms with Crippen LogP contribution in [0, 0.1) is 11.7 Å². The van der Waals surface area contributed by atoms with Gasteiger partial charge in [-0.1, -0.05) is 30.3 Å². The first-order valence-electron chi connectivity index (χ1n) is 9.14. The quantitative estimate of drug-likeness (QED) is 0.837. The van der Waals surface area contributed by atoms with E-state index >= 15 is 0 Å². The minimum absolute atomic E-state index is 0.137. The molecule has 26 heavy (non-hydrogen) atoms. The number of rotatable bonds is 6. The summed E-state index contributed by atoms with van der Waals surface area (Å²) in [5.74, 6) is -0.0345. The number of nitrogens with zero attached hydrogens (tertiary/aromatic N) is 1. The van der Waals surface area contributed by atoms with Crippen LogP contribution in [0.5, 0.6) is 0 Å². The smallest absolute Gasteiger partial charge is 0.251 e. The number of amides is 1. The first-order chi connectivity index (χ1) is 12.7. The molecule has 2 aromatic carbocycles. The van der Waals surface area contributed by atoms with Crippen LogP contribution in [0.1, 0.15) is 23.2 Å². The maximum atomic E-state index is 14.0. The van der Waals surface area contributed by atoms with Crippen molar-refractivity contribution in [2.24, 2.45) is 5.92 Å². The van der Waals surface area contributed by atoms with Gasteiger partial charge in [0, 0.05) is 30.8 Å². The van der Waals surface area contributed by atoms with E-state index in [2.05, 4.69) is 10.2 Å². The van der Waals surface area contributed by atoms with Crippen LogP contribution < -0.4 is 5.32 Å². The molecule has 0 aromatic heterocycles. The summed E-state index contributed by atoms with van der Waals surface area (Å²) in [6.07, 6.45) is 2.17. The molecule has 138 valence electrons. The number of aliphatic hydroxyl groups excluding tert-OH is 1. The summed E-state index contributed by atoms with van der Waals surface area (Å²) in [4.78, 5) is 14.7. The van der Waals surface area contributed by atoms with E-state index in [1.54, 1.807) is 36.4 Å². The van der Waals surface area contributed by atoms with Crippen LogP contribution in [0.25, 0.3) is 11.1 Å². The average Bonchev–Trinajstić information content (AvgIpc) is 2.67. The van der Waals surface area contributed by atoms with Crippen LogP contribution >= 0.6 is 0 Å². The average molecular weight is 356 g/mol. The third-order valence-corrected chi connectivity index (χ3v) is 4.88. The zero-order valence-electron chi connectivity index (χ0n) is 14.8. The van der Waals surface area contributed by atoms with Gasteiger partial charge in [-0.15, -0.1) is 0 Å². The molecular formula is C21H25FN2O2. The molecule has 1 unspecified atom stereocenters. The summed E-state index contributed by atoms with van der Waals surface area (Å²) in [5.41, 5.74) is 1.73. The summed E-state index contributed by atoms with van der Waals surface area (Å²) < 4.78 is 14.0. The summed E-state index contributed by atoms with van der Waals surface area (Å²) in [7, 11) is 0. The van der Waals surface area contributed by atoms with Gasteiger partial charge in [0.05, 0.1) is 6.61 Å². The topological polar surface area (TPSA) is 52.6 Å².